The van der Waals surface area contributed by atoms with Crippen molar-refractivity contribution in [3.05, 3.63) is 29.3 Å². The van der Waals surface area contributed by atoms with Gasteiger partial charge in [0.25, 0.3) is 0 Å². The standard InChI is InChI=1S/C16H24N2O2/c1-11(2)18-15(19)10-17-9-12-5-6-14-13(7-12)8-16(3,4)20-14/h5-7,11,17H,8-10H2,1-4H3,(H,18,19). The second kappa shape index (κ2) is 5.83. The molecule has 0 bridgehead atoms. The van der Waals surface area contributed by atoms with Gasteiger partial charge in [0.2, 0.25) is 5.91 Å². The zero-order valence-corrected chi connectivity index (χ0v) is 12.7. The van der Waals surface area contributed by atoms with Gasteiger partial charge in [0, 0.05) is 19.0 Å². The van der Waals surface area contributed by atoms with Gasteiger partial charge in [-0.15, -0.1) is 0 Å². The molecule has 1 aromatic rings. The van der Waals surface area contributed by atoms with Crippen LogP contribution in [0.2, 0.25) is 0 Å². The van der Waals surface area contributed by atoms with Crippen LogP contribution in [0.15, 0.2) is 18.2 Å². The van der Waals surface area contributed by atoms with E-state index in [1.54, 1.807) is 0 Å². The lowest BCUT2D eigenvalue weighted by Crippen LogP contribution is -2.37. The van der Waals surface area contributed by atoms with E-state index >= 15 is 0 Å². The Balaban J connectivity index is 1.85. The summed E-state index contributed by atoms with van der Waals surface area (Å²) in [6.45, 7) is 9.15. The van der Waals surface area contributed by atoms with Crippen LogP contribution in [-0.4, -0.2) is 24.1 Å². The van der Waals surface area contributed by atoms with E-state index in [0.717, 1.165) is 12.2 Å². The molecule has 0 saturated carbocycles. The highest BCUT2D eigenvalue weighted by molar-refractivity contribution is 5.78. The highest BCUT2D eigenvalue weighted by atomic mass is 16.5. The lowest BCUT2D eigenvalue weighted by atomic mass is 10.0. The number of hydrogen-bond acceptors (Lipinski definition) is 3. The first-order chi connectivity index (χ1) is 9.35. The maximum absolute atomic E-state index is 11.5. The van der Waals surface area contributed by atoms with Crippen LogP contribution >= 0.6 is 0 Å². The fourth-order valence-electron chi connectivity index (χ4n) is 2.47. The quantitative estimate of drug-likeness (QED) is 0.865. The van der Waals surface area contributed by atoms with Gasteiger partial charge in [-0.05, 0) is 44.9 Å². The van der Waals surface area contributed by atoms with E-state index in [2.05, 4.69) is 30.5 Å². The maximum atomic E-state index is 11.5. The van der Waals surface area contributed by atoms with E-state index in [0.29, 0.717) is 13.1 Å². The fourth-order valence-corrected chi connectivity index (χ4v) is 2.47. The number of benzene rings is 1. The Morgan fingerprint density at radius 1 is 1.40 bits per heavy atom. The molecule has 0 fully saturated rings. The first-order valence-corrected chi connectivity index (χ1v) is 7.17. The Morgan fingerprint density at radius 3 is 2.85 bits per heavy atom. The molecule has 1 heterocycles. The average Bonchev–Trinajstić information content (AvgIpc) is 2.61. The maximum Gasteiger partial charge on any atom is 0.234 e. The summed E-state index contributed by atoms with van der Waals surface area (Å²) in [6, 6.07) is 6.42. The molecule has 1 aliphatic rings. The van der Waals surface area contributed by atoms with Gasteiger partial charge < -0.3 is 15.4 Å². The molecule has 0 radical (unpaired) electrons. The summed E-state index contributed by atoms with van der Waals surface area (Å²) in [5.74, 6) is 1.02. The van der Waals surface area contributed by atoms with E-state index in [1.165, 1.54) is 11.1 Å². The van der Waals surface area contributed by atoms with Gasteiger partial charge in [-0.3, -0.25) is 4.79 Å². The van der Waals surface area contributed by atoms with Crippen LogP contribution in [0.5, 0.6) is 5.75 Å². The van der Waals surface area contributed by atoms with Crippen LogP contribution in [0.1, 0.15) is 38.8 Å². The van der Waals surface area contributed by atoms with E-state index < -0.39 is 0 Å². The van der Waals surface area contributed by atoms with Crippen molar-refractivity contribution in [3.63, 3.8) is 0 Å². The number of amides is 1. The van der Waals surface area contributed by atoms with Crippen LogP contribution < -0.4 is 15.4 Å². The van der Waals surface area contributed by atoms with Crippen LogP contribution in [0, 0.1) is 0 Å². The van der Waals surface area contributed by atoms with Crippen LogP contribution in [0.3, 0.4) is 0 Å². The lowest BCUT2D eigenvalue weighted by molar-refractivity contribution is -0.120. The summed E-state index contributed by atoms with van der Waals surface area (Å²) in [5.41, 5.74) is 2.33. The summed E-state index contributed by atoms with van der Waals surface area (Å²) in [5, 5.41) is 6.03. The summed E-state index contributed by atoms with van der Waals surface area (Å²) in [6.07, 6.45) is 0.935. The smallest absolute Gasteiger partial charge is 0.234 e. The number of carbonyl (C=O) groups is 1. The van der Waals surface area contributed by atoms with Crippen LogP contribution in [0.4, 0.5) is 0 Å². The van der Waals surface area contributed by atoms with E-state index in [4.69, 9.17) is 4.74 Å². The monoisotopic (exact) mass is 276 g/mol. The predicted octanol–water partition coefficient (Wildman–Crippen LogP) is 2.01. The molecular weight excluding hydrogens is 252 g/mol. The van der Waals surface area contributed by atoms with Gasteiger partial charge in [0.15, 0.2) is 0 Å². The third-order valence-corrected chi connectivity index (χ3v) is 3.19. The van der Waals surface area contributed by atoms with Crippen LogP contribution in [0.25, 0.3) is 0 Å². The first-order valence-electron chi connectivity index (χ1n) is 7.17. The molecule has 0 saturated heterocycles. The van der Waals surface area contributed by atoms with Crippen molar-refractivity contribution in [1.82, 2.24) is 10.6 Å². The molecule has 4 nitrogen and oxygen atoms in total. The molecule has 20 heavy (non-hydrogen) atoms. The number of carbonyl (C=O) groups excluding carboxylic acids is 1. The minimum Gasteiger partial charge on any atom is -0.487 e. The molecule has 1 aromatic carbocycles. The van der Waals surface area contributed by atoms with Crippen LogP contribution in [-0.2, 0) is 17.8 Å². The van der Waals surface area contributed by atoms with Crippen molar-refractivity contribution in [2.75, 3.05) is 6.54 Å². The fraction of sp³-hybridized carbons (Fsp3) is 0.562. The van der Waals surface area contributed by atoms with Crippen molar-refractivity contribution < 1.29 is 9.53 Å². The zero-order valence-electron chi connectivity index (χ0n) is 12.7. The summed E-state index contributed by atoms with van der Waals surface area (Å²) < 4.78 is 5.85. The third-order valence-electron chi connectivity index (χ3n) is 3.19. The van der Waals surface area contributed by atoms with Crippen molar-refractivity contribution in [3.8, 4) is 5.75 Å². The topological polar surface area (TPSA) is 50.4 Å². The Labute approximate surface area is 120 Å². The third kappa shape index (κ3) is 3.97. The molecule has 2 rings (SSSR count). The first kappa shape index (κ1) is 14.9. The van der Waals surface area contributed by atoms with Crippen molar-refractivity contribution >= 4 is 5.91 Å². The molecule has 2 N–H and O–H groups in total. The second-order valence-electron chi connectivity index (χ2n) is 6.31. The van der Waals surface area contributed by atoms with Gasteiger partial charge in [-0.1, -0.05) is 12.1 Å². The molecule has 0 aromatic heterocycles. The number of ether oxygens (including phenoxy) is 1. The predicted molar refractivity (Wildman–Crippen MR) is 79.8 cm³/mol. The molecule has 0 atom stereocenters. The molecule has 0 unspecified atom stereocenters. The average molecular weight is 276 g/mol. The largest absolute Gasteiger partial charge is 0.487 e. The molecule has 0 spiro atoms. The second-order valence-corrected chi connectivity index (χ2v) is 6.31. The molecule has 4 heteroatoms. The molecule has 110 valence electrons. The minimum atomic E-state index is -0.106. The Hall–Kier alpha value is -1.55. The number of rotatable bonds is 5. The van der Waals surface area contributed by atoms with E-state index in [1.807, 2.05) is 26.0 Å². The molecule has 1 amide bonds. The minimum absolute atomic E-state index is 0.0330. The highest BCUT2D eigenvalue weighted by Gasteiger charge is 2.29. The van der Waals surface area contributed by atoms with E-state index in [-0.39, 0.29) is 17.6 Å². The summed E-state index contributed by atoms with van der Waals surface area (Å²) in [4.78, 5) is 11.5. The molecule has 0 aliphatic carbocycles. The summed E-state index contributed by atoms with van der Waals surface area (Å²) >= 11 is 0. The Kier molecular flexibility index (Phi) is 4.33. The van der Waals surface area contributed by atoms with Gasteiger partial charge in [-0.2, -0.15) is 0 Å². The van der Waals surface area contributed by atoms with Crippen molar-refractivity contribution in [2.24, 2.45) is 0 Å². The molecule has 1 aliphatic heterocycles. The molecular formula is C16H24N2O2. The normalized spacial score (nSPS) is 15.8. The van der Waals surface area contributed by atoms with Gasteiger partial charge in [0.1, 0.15) is 11.4 Å². The number of nitrogens with one attached hydrogen (secondary N) is 2. The Bertz CT molecular complexity index is 495. The highest BCUT2D eigenvalue weighted by Crippen LogP contribution is 2.35. The summed E-state index contributed by atoms with van der Waals surface area (Å²) in [7, 11) is 0. The van der Waals surface area contributed by atoms with Crippen molar-refractivity contribution in [2.45, 2.75) is 52.3 Å². The van der Waals surface area contributed by atoms with Crippen molar-refractivity contribution in [1.29, 1.82) is 0 Å². The Morgan fingerprint density at radius 2 is 2.15 bits per heavy atom. The van der Waals surface area contributed by atoms with Gasteiger partial charge in [-0.25, -0.2) is 0 Å². The SMILES string of the molecule is CC(C)NC(=O)CNCc1ccc2c(c1)CC(C)(C)O2. The van der Waals surface area contributed by atoms with E-state index in [9.17, 15) is 4.79 Å². The lowest BCUT2D eigenvalue weighted by Gasteiger charge is -2.16. The number of fused-ring (bicyclic) bond motifs is 1. The zero-order chi connectivity index (χ0) is 14.8. The number of hydrogen-bond donors (Lipinski definition) is 2. The van der Waals surface area contributed by atoms with Gasteiger partial charge >= 0.3 is 0 Å². The van der Waals surface area contributed by atoms with Gasteiger partial charge in [0.05, 0.1) is 6.54 Å².